The summed E-state index contributed by atoms with van der Waals surface area (Å²) in [6.07, 6.45) is 0.274. The van der Waals surface area contributed by atoms with Gasteiger partial charge < -0.3 is 14.4 Å². The van der Waals surface area contributed by atoms with Gasteiger partial charge in [-0.1, -0.05) is 29.8 Å². The molecular formula is C17H16ClNO3. The number of para-hydroxylation sites is 1. The average molecular weight is 318 g/mol. The molecule has 4 nitrogen and oxygen atoms in total. The Morgan fingerprint density at radius 1 is 1.32 bits per heavy atom. The number of fused-ring (bicyclic) bond motifs is 1. The molecule has 0 bridgehead atoms. The molecule has 2 aromatic rings. The van der Waals surface area contributed by atoms with Gasteiger partial charge in [0, 0.05) is 10.6 Å². The monoisotopic (exact) mass is 317 g/mol. The molecule has 0 radical (unpaired) electrons. The first-order valence-electron chi connectivity index (χ1n) is 7.03. The molecule has 22 heavy (non-hydrogen) atoms. The van der Waals surface area contributed by atoms with Crippen LogP contribution in [0, 0.1) is 0 Å². The molecule has 0 aliphatic carbocycles. The van der Waals surface area contributed by atoms with Crippen molar-refractivity contribution in [2.24, 2.45) is 0 Å². The van der Waals surface area contributed by atoms with E-state index in [0.29, 0.717) is 23.9 Å². The van der Waals surface area contributed by atoms with Crippen LogP contribution in [0.3, 0.4) is 0 Å². The molecule has 2 aromatic carbocycles. The molecule has 1 aliphatic rings. The largest absolute Gasteiger partial charge is 0.496 e. The third kappa shape index (κ3) is 2.88. The van der Waals surface area contributed by atoms with Crippen LogP contribution in [0.25, 0.3) is 0 Å². The molecule has 0 fully saturated rings. The summed E-state index contributed by atoms with van der Waals surface area (Å²) in [4.78, 5) is 14.4. The highest BCUT2D eigenvalue weighted by atomic mass is 35.5. The highest BCUT2D eigenvalue weighted by Gasteiger charge is 2.24. The first kappa shape index (κ1) is 14.7. The zero-order valence-corrected chi connectivity index (χ0v) is 13.0. The summed E-state index contributed by atoms with van der Waals surface area (Å²) in [6, 6.07) is 12.8. The van der Waals surface area contributed by atoms with E-state index in [9.17, 15) is 4.79 Å². The van der Waals surface area contributed by atoms with Crippen molar-refractivity contribution in [3.63, 3.8) is 0 Å². The van der Waals surface area contributed by atoms with Gasteiger partial charge in [-0.15, -0.1) is 0 Å². The Morgan fingerprint density at radius 2 is 2.14 bits per heavy atom. The number of methoxy groups -OCH3 is 1. The van der Waals surface area contributed by atoms with Gasteiger partial charge in [0.15, 0.2) is 0 Å². The van der Waals surface area contributed by atoms with Crippen LogP contribution < -0.4 is 14.4 Å². The third-order valence-corrected chi connectivity index (χ3v) is 3.85. The van der Waals surface area contributed by atoms with E-state index in [-0.39, 0.29) is 12.3 Å². The first-order valence-corrected chi connectivity index (χ1v) is 7.41. The Balaban J connectivity index is 1.86. The minimum Gasteiger partial charge on any atom is -0.496 e. The molecule has 0 saturated heterocycles. The Bertz CT molecular complexity index is 702. The lowest BCUT2D eigenvalue weighted by molar-refractivity contribution is -0.118. The summed E-state index contributed by atoms with van der Waals surface area (Å²) < 4.78 is 10.9. The van der Waals surface area contributed by atoms with Crippen LogP contribution in [0.2, 0.25) is 5.02 Å². The van der Waals surface area contributed by atoms with Gasteiger partial charge in [0.1, 0.15) is 18.1 Å². The molecule has 0 aromatic heterocycles. The molecule has 0 saturated carbocycles. The number of benzene rings is 2. The fraction of sp³-hybridized carbons (Fsp3) is 0.235. The third-order valence-electron chi connectivity index (χ3n) is 3.62. The highest BCUT2D eigenvalue weighted by molar-refractivity contribution is 6.31. The number of anilines is 1. The lowest BCUT2D eigenvalue weighted by Gasteiger charge is -2.30. The number of ether oxygens (including phenoxy) is 2. The van der Waals surface area contributed by atoms with Gasteiger partial charge in [-0.3, -0.25) is 4.79 Å². The lowest BCUT2D eigenvalue weighted by atomic mass is 10.1. The maximum Gasteiger partial charge on any atom is 0.231 e. The van der Waals surface area contributed by atoms with E-state index < -0.39 is 0 Å². The molecule has 3 rings (SSSR count). The summed E-state index contributed by atoms with van der Waals surface area (Å²) in [5, 5.41) is 0.583. The van der Waals surface area contributed by atoms with Gasteiger partial charge in [0.25, 0.3) is 0 Å². The Morgan fingerprint density at radius 3 is 2.95 bits per heavy atom. The zero-order valence-electron chi connectivity index (χ0n) is 12.2. The second-order valence-corrected chi connectivity index (χ2v) is 5.43. The van der Waals surface area contributed by atoms with Gasteiger partial charge >= 0.3 is 0 Å². The lowest BCUT2D eigenvalue weighted by Crippen LogP contribution is -2.38. The standard InChI is InChI=1S/C17H16ClNO3/c1-21-15-5-3-2-4-12(15)10-17(20)19-8-9-22-16-7-6-13(18)11-14(16)19/h2-7,11H,8-10H2,1H3. The van der Waals surface area contributed by atoms with Crippen molar-refractivity contribution in [3.8, 4) is 11.5 Å². The van der Waals surface area contributed by atoms with Crippen LogP contribution in [-0.4, -0.2) is 26.2 Å². The molecular weight excluding hydrogens is 302 g/mol. The number of amides is 1. The fourth-order valence-electron chi connectivity index (χ4n) is 2.56. The quantitative estimate of drug-likeness (QED) is 0.871. The van der Waals surface area contributed by atoms with E-state index in [1.165, 1.54) is 0 Å². The number of carbonyl (C=O) groups excluding carboxylic acids is 1. The maximum atomic E-state index is 12.7. The first-order chi connectivity index (χ1) is 10.7. The molecule has 1 amide bonds. The fourth-order valence-corrected chi connectivity index (χ4v) is 2.72. The summed E-state index contributed by atoms with van der Waals surface area (Å²) in [5.41, 5.74) is 1.59. The summed E-state index contributed by atoms with van der Waals surface area (Å²) in [7, 11) is 1.60. The maximum absolute atomic E-state index is 12.7. The van der Waals surface area contributed by atoms with Crippen molar-refractivity contribution < 1.29 is 14.3 Å². The SMILES string of the molecule is COc1ccccc1CC(=O)N1CCOc2ccc(Cl)cc21. The number of hydrogen-bond donors (Lipinski definition) is 0. The van der Waals surface area contributed by atoms with E-state index in [2.05, 4.69) is 0 Å². The van der Waals surface area contributed by atoms with Crippen LogP contribution in [-0.2, 0) is 11.2 Å². The van der Waals surface area contributed by atoms with Crippen molar-refractivity contribution in [1.29, 1.82) is 0 Å². The van der Waals surface area contributed by atoms with Crippen LogP contribution in [0.15, 0.2) is 42.5 Å². The van der Waals surface area contributed by atoms with E-state index in [0.717, 1.165) is 17.0 Å². The minimum atomic E-state index is -0.00341. The van der Waals surface area contributed by atoms with Crippen LogP contribution >= 0.6 is 11.6 Å². The van der Waals surface area contributed by atoms with Crippen molar-refractivity contribution in [2.45, 2.75) is 6.42 Å². The van der Waals surface area contributed by atoms with Crippen molar-refractivity contribution in [2.75, 3.05) is 25.2 Å². The molecule has 0 N–H and O–H groups in total. The number of halogens is 1. The topological polar surface area (TPSA) is 38.8 Å². The summed E-state index contributed by atoms with van der Waals surface area (Å²) in [5.74, 6) is 1.40. The number of nitrogens with zero attached hydrogens (tertiary/aromatic N) is 1. The van der Waals surface area contributed by atoms with Gasteiger partial charge in [-0.25, -0.2) is 0 Å². The Hall–Kier alpha value is -2.20. The number of carbonyl (C=O) groups is 1. The van der Waals surface area contributed by atoms with Gasteiger partial charge in [-0.05, 0) is 24.3 Å². The minimum absolute atomic E-state index is 0.00341. The smallest absolute Gasteiger partial charge is 0.231 e. The number of rotatable bonds is 3. The molecule has 5 heteroatoms. The molecule has 0 spiro atoms. The molecule has 0 unspecified atom stereocenters. The summed E-state index contributed by atoms with van der Waals surface area (Å²) >= 11 is 6.04. The number of hydrogen-bond acceptors (Lipinski definition) is 3. The van der Waals surface area contributed by atoms with E-state index in [1.54, 1.807) is 30.2 Å². The second kappa shape index (κ2) is 6.28. The van der Waals surface area contributed by atoms with Crippen molar-refractivity contribution in [1.82, 2.24) is 0 Å². The predicted molar refractivity (Wildman–Crippen MR) is 86.0 cm³/mol. The van der Waals surface area contributed by atoms with E-state index >= 15 is 0 Å². The zero-order chi connectivity index (χ0) is 15.5. The van der Waals surface area contributed by atoms with Gasteiger partial charge in [-0.2, -0.15) is 0 Å². The Kier molecular flexibility index (Phi) is 4.20. The van der Waals surface area contributed by atoms with Gasteiger partial charge in [0.05, 0.1) is 25.8 Å². The predicted octanol–water partition coefficient (Wildman–Crippen LogP) is 3.32. The normalized spacial score (nSPS) is 13.3. The van der Waals surface area contributed by atoms with Gasteiger partial charge in [0.2, 0.25) is 5.91 Å². The average Bonchev–Trinajstić information content (AvgIpc) is 2.54. The van der Waals surface area contributed by atoms with Crippen LogP contribution in [0.5, 0.6) is 11.5 Å². The van der Waals surface area contributed by atoms with E-state index in [1.807, 2.05) is 24.3 Å². The molecule has 0 atom stereocenters. The Labute approximate surface area is 134 Å². The van der Waals surface area contributed by atoms with E-state index in [4.69, 9.17) is 21.1 Å². The second-order valence-electron chi connectivity index (χ2n) is 4.99. The van der Waals surface area contributed by atoms with Crippen LogP contribution in [0.1, 0.15) is 5.56 Å². The van der Waals surface area contributed by atoms with Crippen molar-refractivity contribution >= 4 is 23.2 Å². The molecule has 1 aliphatic heterocycles. The molecule has 114 valence electrons. The van der Waals surface area contributed by atoms with Crippen molar-refractivity contribution in [3.05, 3.63) is 53.1 Å². The summed E-state index contributed by atoms with van der Waals surface area (Å²) in [6.45, 7) is 0.994. The van der Waals surface area contributed by atoms with Crippen LogP contribution in [0.4, 0.5) is 5.69 Å². The highest BCUT2D eigenvalue weighted by Crippen LogP contribution is 2.34. The molecule has 1 heterocycles.